The molecule has 0 atom stereocenters. The Bertz CT molecular complexity index is 1820. The van der Waals surface area contributed by atoms with Crippen molar-refractivity contribution >= 4 is 0 Å². The summed E-state index contributed by atoms with van der Waals surface area (Å²) in [7, 11) is 0. The maximum Gasteiger partial charge on any atom is 0.0352 e. The Hall–Kier alpha value is -4.68. The lowest BCUT2D eigenvalue weighted by molar-refractivity contribution is 0.734. The number of benzene rings is 6. The van der Waals surface area contributed by atoms with Crippen LogP contribution in [0.3, 0.4) is 0 Å². The van der Waals surface area contributed by atoms with Gasteiger partial charge in [-0.05, 0) is 84.3 Å². The molecule has 0 heteroatoms. The molecule has 0 nitrogen and oxygen atoms in total. The first kappa shape index (κ1) is 22.1. The van der Waals surface area contributed by atoms with E-state index in [9.17, 15) is 0 Å². The van der Waals surface area contributed by atoms with Crippen molar-refractivity contribution < 1.29 is 0 Å². The van der Waals surface area contributed by atoms with Crippen LogP contribution >= 0.6 is 0 Å². The summed E-state index contributed by atoms with van der Waals surface area (Å²) in [5, 5.41) is 0. The third kappa shape index (κ3) is 2.75. The van der Waals surface area contributed by atoms with E-state index >= 15 is 0 Å². The van der Waals surface area contributed by atoms with Crippen molar-refractivity contribution in [1.82, 2.24) is 0 Å². The summed E-state index contributed by atoms with van der Waals surface area (Å²) in [5.74, 6) is 1.25. The van der Waals surface area contributed by atoms with Crippen molar-refractivity contribution in [2.24, 2.45) is 0 Å². The molecule has 0 radical (unpaired) electrons. The molecule has 0 N–H and O–H groups in total. The molecule has 12 rings (SSSR count). The fourth-order valence-corrected chi connectivity index (χ4v) is 9.10. The molecule has 0 aliphatic heterocycles. The van der Waals surface area contributed by atoms with Crippen LogP contribution in [0.2, 0.25) is 0 Å². The average Bonchev–Trinajstić information content (AvgIpc) is 3.04. The van der Waals surface area contributed by atoms with Gasteiger partial charge in [-0.1, -0.05) is 133 Å². The molecule has 0 heterocycles. The molecule has 6 aliphatic rings. The first-order valence-electron chi connectivity index (χ1n) is 15.0. The van der Waals surface area contributed by atoms with Crippen LogP contribution in [0.4, 0.5) is 0 Å². The molecule has 41 heavy (non-hydrogen) atoms. The van der Waals surface area contributed by atoms with Crippen molar-refractivity contribution in [2.75, 3.05) is 0 Å². The van der Waals surface area contributed by atoms with Gasteiger partial charge in [-0.3, -0.25) is 0 Å². The lowest BCUT2D eigenvalue weighted by atomic mass is 9.59. The Morgan fingerprint density at radius 3 is 0.854 bits per heavy atom. The molecule has 6 aliphatic carbocycles. The maximum absolute atomic E-state index is 2.41. The van der Waals surface area contributed by atoms with Gasteiger partial charge in [-0.25, -0.2) is 0 Å². The molecule has 0 saturated heterocycles. The zero-order valence-electron chi connectivity index (χ0n) is 22.7. The molecule has 0 unspecified atom stereocenters. The van der Waals surface area contributed by atoms with Crippen LogP contribution < -0.4 is 0 Å². The number of rotatable bonds is 2. The molecule has 6 aromatic carbocycles. The summed E-state index contributed by atoms with van der Waals surface area (Å²) in [6, 6.07) is 50.9. The second-order valence-electron chi connectivity index (χ2n) is 12.3. The van der Waals surface area contributed by atoms with Gasteiger partial charge in [-0.15, -0.1) is 0 Å². The van der Waals surface area contributed by atoms with E-state index in [1.807, 2.05) is 0 Å². The highest BCUT2D eigenvalue weighted by Crippen LogP contribution is 2.58. The molecule has 0 spiro atoms. The van der Waals surface area contributed by atoms with Gasteiger partial charge in [0.25, 0.3) is 0 Å². The Balaban J connectivity index is 1.17. The molecular formula is C41H28. The zero-order valence-corrected chi connectivity index (χ0v) is 22.7. The molecular weight excluding hydrogens is 492 g/mol. The van der Waals surface area contributed by atoms with E-state index in [0.717, 1.165) is 6.42 Å². The number of hydrogen-bond donors (Lipinski definition) is 0. The maximum atomic E-state index is 2.41. The van der Waals surface area contributed by atoms with E-state index in [0.29, 0.717) is 23.7 Å². The van der Waals surface area contributed by atoms with Gasteiger partial charge in [0, 0.05) is 23.7 Å². The SMILES string of the molecule is c1ccc2c(c1)C1c3ccccc3C2c2c(Cc3cccc4c3C3c5ccccc5C4c4ccccc43)cccc21. The topological polar surface area (TPSA) is 0 Å². The Kier molecular flexibility index (Phi) is 4.28. The van der Waals surface area contributed by atoms with Crippen LogP contribution in [0, 0.1) is 0 Å². The van der Waals surface area contributed by atoms with E-state index in [1.54, 1.807) is 11.1 Å². The standard InChI is InChI=1S/C41H28/c1-5-17-30-26(13-1)38-27-14-2-6-18-31(27)40(30)36-24(11-9-21-34(36)38)23-25-12-10-22-35-37(25)41-32-19-7-3-15-28(32)39(35)29-16-4-8-20-33(29)41/h1-22,38-41H,23H2. The largest absolute Gasteiger partial charge is 0.0619 e. The third-order valence-corrected chi connectivity index (χ3v) is 10.5. The quantitative estimate of drug-likeness (QED) is 0.213. The predicted octanol–water partition coefficient (Wildman–Crippen LogP) is 9.25. The highest BCUT2D eigenvalue weighted by molar-refractivity contribution is 5.72. The van der Waals surface area contributed by atoms with Crippen molar-refractivity contribution in [3.8, 4) is 0 Å². The van der Waals surface area contributed by atoms with Crippen LogP contribution in [0.15, 0.2) is 133 Å². The fourth-order valence-electron chi connectivity index (χ4n) is 9.10. The van der Waals surface area contributed by atoms with Crippen LogP contribution in [-0.4, -0.2) is 0 Å². The normalized spacial score (nSPS) is 21.3. The van der Waals surface area contributed by atoms with Gasteiger partial charge in [0.1, 0.15) is 0 Å². The van der Waals surface area contributed by atoms with Gasteiger partial charge in [0.05, 0.1) is 0 Å². The number of hydrogen-bond acceptors (Lipinski definition) is 0. The summed E-state index contributed by atoms with van der Waals surface area (Å²) >= 11 is 0. The molecule has 0 fully saturated rings. The third-order valence-electron chi connectivity index (χ3n) is 10.5. The average molecular weight is 521 g/mol. The molecule has 0 amide bonds. The summed E-state index contributed by atoms with van der Waals surface area (Å²) < 4.78 is 0. The van der Waals surface area contributed by atoms with Crippen LogP contribution in [-0.2, 0) is 6.42 Å². The summed E-state index contributed by atoms with van der Waals surface area (Å²) in [4.78, 5) is 0. The molecule has 0 saturated carbocycles. The summed E-state index contributed by atoms with van der Waals surface area (Å²) in [6.07, 6.45) is 0.966. The Morgan fingerprint density at radius 1 is 0.268 bits per heavy atom. The van der Waals surface area contributed by atoms with E-state index in [1.165, 1.54) is 66.8 Å². The smallest absolute Gasteiger partial charge is 0.0352 e. The lowest BCUT2D eigenvalue weighted by Gasteiger charge is -2.44. The van der Waals surface area contributed by atoms with Crippen LogP contribution in [0.1, 0.15) is 102 Å². The van der Waals surface area contributed by atoms with Gasteiger partial charge >= 0.3 is 0 Å². The van der Waals surface area contributed by atoms with Crippen molar-refractivity contribution in [2.45, 2.75) is 30.1 Å². The fraction of sp³-hybridized carbons (Fsp3) is 0.122. The van der Waals surface area contributed by atoms with Gasteiger partial charge in [0.15, 0.2) is 0 Å². The van der Waals surface area contributed by atoms with Crippen molar-refractivity contribution in [3.05, 3.63) is 211 Å². The second-order valence-corrected chi connectivity index (χ2v) is 12.3. The first-order chi connectivity index (χ1) is 20.4. The molecule has 0 aromatic heterocycles. The second kappa shape index (κ2) is 7.95. The highest BCUT2D eigenvalue weighted by atomic mass is 14.5. The summed E-state index contributed by atoms with van der Waals surface area (Å²) in [6.45, 7) is 0. The van der Waals surface area contributed by atoms with Gasteiger partial charge < -0.3 is 0 Å². The van der Waals surface area contributed by atoms with E-state index < -0.39 is 0 Å². The Labute approximate surface area is 241 Å². The molecule has 6 aromatic rings. The predicted molar refractivity (Wildman–Crippen MR) is 165 cm³/mol. The minimum absolute atomic E-state index is 0.302. The zero-order chi connectivity index (χ0) is 26.7. The summed E-state index contributed by atoms with van der Waals surface area (Å²) in [5.41, 5.74) is 21.0. The minimum Gasteiger partial charge on any atom is -0.0619 e. The van der Waals surface area contributed by atoms with Crippen LogP contribution in [0.5, 0.6) is 0 Å². The van der Waals surface area contributed by atoms with Crippen LogP contribution in [0.25, 0.3) is 0 Å². The highest BCUT2D eigenvalue weighted by Gasteiger charge is 2.44. The monoisotopic (exact) mass is 520 g/mol. The first-order valence-corrected chi connectivity index (χ1v) is 15.0. The Morgan fingerprint density at radius 2 is 0.537 bits per heavy atom. The van der Waals surface area contributed by atoms with Crippen molar-refractivity contribution in [1.29, 1.82) is 0 Å². The molecule has 192 valence electrons. The minimum atomic E-state index is 0.302. The molecule has 4 bridgehead atoms. The van der Waals surface area contributed by atoms with E-state index in [4.69, 9.17) is 0 Å². The van der Waals surface area contributed by atoms with Crippen molar-refractivity contribution in [3.63, 3.8) is 0 Å². The van der Waals surface area contributed by atoms with E-state index in [2.05, 4.69) is 133 Å². The lowest BCUT2D eigenvalue weighted by Crippen LogP contribution is -2.29. The van der Waals surface area contributed by atoms with E-state index in [-0.39, 0.29) is 0 Å². The van der Waals surface area contributed by atoms with Gasteiger partial charge in [-0.2, -0.15) is 0 Å². The van der Waals surface area contributed by atoms with Gasteiger partial charge in [0.2, 0.25) is 0 Å².